The molecule has 1 nitrogen and oxygen atoms in total. The summed E-state index contributed by atoms with van der Waals surface area (Å²) in [7, 11) is 0. The number of nitrogens with one attached hydrogen (secondary N) is 1. The van der Waals surface area contributed by atoms with Gasteiger partial charge in [-0.05, 0) is 41.3 Å². The minimum absolute atomic E-state index is 0.804. The van der Waals surface area contributed by atoms with Crippen molar-refractivity contribution in [1.29, 1.82) is 0 Å². The normalized spacial score (nSPS) is 17.8. The third-order valence-electron chi connectivity index (χ3n) is 2.78. The molecule has 0 unspecified atom stereocenters. The van der Waals surface area contributed by atoms with Crippen molar-refractivity contribution in [2.45, 2.75) is 38.1 Å². The number of halogens is 1. The van der Waals surface area contributed by atoms with Gasteiger partial charge in [0.2, 0.25) is 0 Å². The second kappa shape index (κ2) is 5.29. The highest BCUT2D eigenvalue weighted by Crippen LogP contribution is 2.20. The first kappa shape index (κ1) is 10.7. The molecule has 1 saturated carbocycles. The van der Waals surface area contributed by atoms with Crippen LogP contribution < -0.4 is 5.32 Å². The van der Waals surface area contributed by atoms with E-state index >= 15 is 0 Å². The summed E-state index contributed by atoms with van der Waals surface area (Å²) in [6.45, 7) is 1.14. The Morgan fingerprint density at radius 3 is 2.86 bits per heavy atom. The van der Waals surface area contributed by atoms with Crippen molar-refractivity contribution >= 4 is 27.3 Å². The van der Waals surface area contributed by atoms with Crippen LogP contribution in [0.5, 0.6) is 0 Å². The first-order valence-electron chi connectivity index (χ1n) is 5.31. The van der Waals surface area contributed by atoms with Gasteiger partial charge in [-0.3, -0.25) is 0 Å². The Hall–Kier alpha value is 0.140. The Labute approximate surface area is 98.0 Å². The molecule has 1 fully saturated rings. The summed E-state index contributed by atoms with van der Waals surface area (Å²) in [5, 5.41) is 5.79. The summed E-state index contributed by atoms with van der Waals surface area (Å²) in [6.07, 6.45) is 6.78. The van der Waals surface area contributed by atoms with Gasteiger partial charge in [0.25, 0.3) is 0 Å². The highest BCUT2D eigenvalue weighted by atomic mass is 79.9. The molecule has 0 aromatic carbocycles. The summed E-state index contributed by atoms with van der Waals surface area (Å²) < 4.78 is 1.22. The van der Waals surface area contributed by atoms with Gasteiger partial charge in [-0.15, -0.1) is 11.3 Å². The highest BCUT2D eigenvalue weighted by Gasteiger charge is 2.13. The lowest BCUT2D eigenvalue weighted by Gasteiger charge is -2.10. The molecule has 0 radical (unpaired) electrons. The predicted octanol–water partition coefficient (Wildman–Crippen LogP) is 3.59. The largest absolute Gasteiger partial charge is 0.314 e. The number of hydrogen-bond donors (Lipinski definition) is 1. The molecular formula is C11H16BrNS. The maximum atomic E-state index is 3.63. The average Bonchev–Trinajstić information content (AvgIpc) is 2.77. The fourth-order valence-corrected chi connectivity index (χ4v) is 3.47. The molecule has 2 rings (SSSR count). The van der Waals surface area contributed by atoms with E-state index in [0.717, 1.165) is 12.6 Å². The van der Waals surface area contributed by atoms with Crippen LogP contribution in [0.2, 0.25) is 0 Å². The van der Waals surface area contributed by atoms with Gasteiger partial charge in [-0.25, -0.2) is 0 Å². The van der Waals surface area contributed by atoms with E-state index < -0.39 is 0 Å². The van der Waals surface area contributed by atoms with Crippen LogP contribution in [-0.2, 0) is 6.42 Å². The molecule has 0 aliphatic heterocycles. The van der Waals surface area contributed by atoms with Gasteiger partial charge in [-0.2, -0.15) is 0 Å². The van der Waals surface area contributed by atoms with Crippen LogP contribution in [0.15, 0.2) is 15.9 Å². The van der Waals surface area contributed by atoms with Crippen molar-refractivity contribution in [3.8, 4) is 0 Å². The molecule has 1 N–H and O–H groups in total. The third-order valence-corrected chi connectivity index (χ3v) is 4.54. The van der Waals surface area contributed by atoms with Crippen molar-refractivity contribution in [3.05, 3.63) is 20.8 Å². The SMILES string of the molecule is Brc1csc(CCNC2CCCC2)c1. The van der Waals surface area contributed by atoms with Crippen LogP contribution >= 0.6 is 27.3 Å². The second-order valence-electron chi connectivity index (χ2n) is 3.92. The van der Waals surface area contributed by atoms with E-state index in [0.29, 0.717) is 0 Å². The molecule has 78 valence electrons. The zero-order valence-electron chi connectivity index (χ0n) is 8.26. The second-order valence-corrected chi connectivity index (χ2v) is 5.83. The fraction of sp³-hybridized carbons (Fsp3) is 0.636. The van der Waals surface area contributed by atoms with Crippen LogP contribution in [0.4, 0.5) is 0 Å². The van der Waals surface area contributed by atoms with Gasteiger partial charge >= 0.3 is 0 Å². The lowest BCUT2D eigenvalue weighted by molar-refractivity contribution is 0.529. The van der Waals surface area contributed by atoms with Gasteiger partial charge in [-0.1, -0.05) is 12.8 Å². The molecule has 1 aromatic rings. The number of hydrogen-bond acceptors (Lipinski definition) is 2. The number of thiophene rings is 1. The standard InChI is InChI=1S/C11H16BrNS/c12-9-7-11(14-8-9)5-6-13-10-3-1-2-4-10/h7-8,10,13H,1-6H2. The Balaban J connectivity index is 1.67. The van der Waals surface area contributed by atoms with Crippen molar-refractivity contribution in [1.82, 2.24) is 5.32 Å². The van der Waals surface area contributed by atoms with Gasteiger partial charge in [0.15, 0.2) is 0 Å². The zero-order chi connectivity index (χ0) is 9.80. The van der Waals surface area contributed by atoms with E-state index in [9.17, 15) is 0 Å². The van der Waals surface area contributed by atoms with E-state index in [1.807, 2.05) is 11.3 Å². The number of rotatable bonds is 4. The minimum atomic E-state index is 0.804. The summed E-state index contributed by atoms with van der Waals surface area (Å²) in [4.78, 5) is 1.47. The molecule has 14 heavy (non-hydrogen) atoms. The van der Waals surface area contributed by atoms with E-state index in [2.05, 4.69) is 32.7 Å². The van der Waals surface area contributed by atoms with E-state index in [-0.39, 0.29) is 0 Å². The molecular weight excluding hydrogens is 258 g/mol. The molecule has 0 amide bonds. The highest BCUT2D eigenvalue weighted by molar-refractivity contribution is 9.10. The molecule has 1 aromatic heterocycles. The van der Waals surface area contributed by atoms with E-state index in [1.54, 1.807) is 0 Å². The lowest BCUT2D eigenvalue weighted by atomic mass is 10.2. The van der Waals surface area contributed by atoms with Crippen molar-refractivity contribution in [2.24, 2.45) is 0 Å². The summed E-state index contributed by atoms with van der Waals surface area (Å²) in [5.74, 6) is 0. The van der Waals surface area contributed by atoms with Crippen LogP contribution in [0.1, 0.15) is 30.6 Å². The summed E-state index contributed by atoms with van der Waals surface area (Å²) in [6, 6.07) is 3.03. The smallest absolute Gasteiger partial charge is 0.0285 e. The molecule has 0 saturated heterocycles. The first-order valence-corrected chi connectivity index (χ1v) is 6.98. The maximum Gasteiger partial charge on any atom is 0.0285 e. The Bertz CT molecular complexity index is 279. The fourth-order valence-electron chi connectivity index (χ4n) is 2.01. The summed E-state index contributed by atoms with van der Waals surface area (Å²) >= 11 is 5.33. The quantitative estimate of drug-likeness (QED) is 0.884. The van der Waals surface area contributed by atoms with Crippen LogP contribution in [0, 0.1) is 0 Å². The predicted molar refractivity (Wildman–Crippen MR) is 66.0 cm³/mol. The molecule has 0 atom stereocenters. The van der Waals surface area contributed by atoms with E-state index in [1.165, 1.54) is 41.5 Å². The monoisotopic (exact) mass is 273 g/mol. The van der Waals surface area contributed by atoms with Gasteiger partial charge in [0.05, 0.1) is 0 Å². The summed E-state index contributed by atoms with van der Waals surface area (Å²) in [5.41, 5.74) is 0. The molecule has 0 bridgehead atoms. The molecule has 3 heteroatoms. The third kappa shape index (κ3) is 3.07. The van der Waals surface area contributed by atoms with Crippen molar-refractivity contribution in [2.75, 3.05) is 6.54 Å². The lowest BCUT2D eigenvalue weighted by Crippen LogP contribution is -2.27. The van der Waals surface area contributed by atoms with Crippen LogP contribution in [-0.4, -0.2) is 12.6 Å². The van der Waals surface area contributed by atoms with Gasteiger partial charge in [0, 0.05) is 27.3 Å². The molecule has 1 heterocycles. The van der Waals surface area contributed by atoms with Gasteiger partial charge < -0.3 is 5.32 Å². The molecule has 1 aliphatic carbocycles. The van der Waals surface area contributed by atoms with Crippen LogP contribution in [0.3, 0.4) is 0 Å². The Morgan fingerprint density at radius 1 is 1.43 bits per heavy atom. The van der Waals surface area contributed by atoms with Gasteiger partial charge in [0.1, 0.15) is 0 Å². The molecule has 0 spiro atoms. The Morgan fingerprint density at radius 2 is 2.21 bits per heavy atom. The van der Waals surface area contributed by atoms with Crippen molar-refractivity contribution < 1.29 is 0 Å². The Kier molecular flexibility index (Phi) is 4.02. The maximum absolute atomic E-state index is 3.63. The van der Waals surface area contributed by atoms with Crippen LogP contribution in [0.25, 0.3) is 0 Å². The van der Waals surface area contributed by atoms with Crippen molar-refractivity contribution in [3.63, 3.8) is 0 Å². The topological polar surface area (TPSA) is 12.0 Å². The first-order chi connectivity index (χ1) is 6.84. The molecule has 1 aliphatic rings. The average molecular weight is 274 g/mol. The zero-order valence-corrected chi connectivity index (χ0v) is 10.7. The van der Waals surface area contributed by atoms with E-state index in [4.69, 9.17) is 0 Å². The minimum Gasteiger partial charge on any atom is -0.314 e.